The predicted octanol–water partition coefficient (Wildman–Crippen LogP) is 4.75. The summed E-state index contributed by atoms with van der Waals surface area (Å²) in [4.78, 5) is 24.8. The second-order valence-corrected chi connectivity index (χ2v) is 7.73. The third-order valence-electron chi connectivity index (χ3n) is 5.33. The summed E-state index contributed by atoms with van der Waals surface area (Å²) < 4.78 is 60.9. The number of halogens is 4. The van der Waals surface area contributed by atoms with E-state index < -0.39 is 23.5 Å². The predicted molar refractivity (Wildman–Crippen MR) is 120 cm³/mol. The lowest BCUT2D eigenvalue weighted by Gasteiger charge is -2.11. The number of nitrogens with one attached hydrogen (secondary N) is 1. The molecule has 13 heteroatoms. The molecule has 0 bridgehead atoms. The minimum Gasteiger partial charge on any atom is -0.434 e. The van der Waals surface area contributed by atoms with Gasteiger partial charge >= 0.3 is 6.18 Å². The number of carbonyl (C=O) groups is 1. The van der Waals surface area contributed by atoms with Gasteiger partial charge in [0.25, 0.3) is 5.91 Å². The van der Waals surface area contributed by atoms with Gasteiger partial charge < -0.3 is 15.5 Å². The number of hydrogen-bond donors (Lipinski definition) is 2. The third-order valence-corrected chi connectivity index (χ3v) is 5.33. The van der Waals surface area contributed by atoms with E-state index in [9.17, 15) is 22.4 Å². The van der Waals surface area contributed by atoms with E-state index in [2.05, 4.69) is 25.4 Å². The molecular formula is C23H15F4N7O2. The van der Waals surface area contributed by atoms with E-state index in [0.717, 1.165) is 18.2 Å². The van der Waals surface area contributed by atoms with E-state index >= 15 is 0 Å². The summed E-state index contributed by atoms with van der Waals surface area (Å²) >= 11 is 0. The number of oxazole rings is 1. The molecule has 36 heavy (non-hydrogen) atoms. The Morgan fingerprint density at radius 1 is 1.11 bits per heavy atom. The molecule has 0 saturated carbocycles. The maximum Gasteiger partial charge on any atom is 0.416 e. The molecule has 0 unspecified atom stereocenters. The zero-order chi connectivity index (χ0) is 25.6. The first-order valence-corrected chi connectivity index (χ1v) is 10.3. The number of hydrogen-bond acceptors (Lipinski definition) is 7. The Bertz CT molecular complexity index is 1620. The lowest BCUT2D eigenvalue weighted by Crippen LogP contribution is -2.15. The molecule has 182 valence electrons. The van der Waals surface area contributed by atoms with Crippen LogP contribution in [0.25, 0.3) is 28.6 Å². The Balaban J connectivity index is 1.47. The van der Waals surface area contributed by atoms with Gasteiger partial charge in [0.05, 0.1) is 23.6 Å². The van der Waals surface area contributed by atoms with Crippen molar-refractivity contribution in [3.05, 3.63) is 77.6 Å². The van der Waals surface area contributed by atoms with E-state index in [0.29, 0.717) is 28.5 Å². The van der Waals surface area contributed by atoms with Crippen LogP contribution in [0.15, 0.2) is 59.5 Å². The van der Waals surface area contributed by atoms with Gasteiger partial charge in [-0.3, -0.25) is 4.79 Å². The van der Waals surface area contributed by atoms with E-state index in [-0.39, 0.29) is 28.7 Å². The summed E-state index contributed by atoms with van der Waals surface area (Å²) in [7, 11) is 0. The number of imidazole rings is 1. The molecule has 0 aliphatic rings. The average molecular weight is 497 g/mol. The van der Waals surface area contributed by atoms with Gasteiger partial charge in [-0.25, -0.2) is 23.9 Å². The molecule has 0 spiro atoms. The standard InChI is InChI=1S/C23H15F4N7O2/c1-11-5-15(24)16(33-21(35)12-3-2-4-13(6-12)23(25,26)27)7-14(11)22-30-9-18(36-22)17-8-29-20-19(28)31-10-32-34(17)20/h2-10H,1H3,(H,33,35)(H2,28,31,32). The van der Waals surface area contributed by atoms with Crippen molar-refractivity contribution in [1.29, 1.82) is 0 Å². The molecule has 2 aromatic carbocycles. The highest BCUT2D eigenvalue weighted by Crippen LogP contribution is 2.33. The van der Waals surface area contributed by atoms with Gasteiger partial charge in [0.1, 0.15) is 17.8 Å². The molecule has 0 fully saturated rings. The second kappa shape index (κ2) is 8.45. The van der Waals surface area contributed by atoms with Crippen molar-refractivity contribution in [1.82, 2.24) is 24.6 Å². The zero-order valence-corrected chi connectivity index (χ0v) is 18.3. The number of nitrogens with two attached hydrogens (primary N) is 1. The number of amides is 1. The second-order valence-electron chi connectivity index (χ2n) is 7.73. The summed E-state index contributed by atoms with van der Waals surface area (Å²) in [6.45, 7) is 1.61. The van der Waals surface area contributed by atoms with Gasteiger partial charge in [0.15, 0.2) is 17.2 Å². The Morgan fingerprint density at radius 3 is 2.69 bits per heavy atom. The lowest BCUT2D eigenvalue weighted by molar-refractivity contribution is -0.137. The number of benzene rings is 2. The number of nitrogens with zero attached hydrogens (tertiary/aromatic N) is 5. The molecule has 0 saturated heterocycles. The van der Waals surface area contributed by atoms with Gasteiger partial charge in [0, 0.05) is 11.1 Å². The van der Waals surface area contributed by atoms with Gasteiger partial charge in [-0.2, -0.15) is 18.3 Å². The van der Waals surface area contributed by atoms with Gasteiger partial charge in [-0.05, 0) is 42.8 Å². The molecule has 0 atom stereocenters. The van der Waals surface area contributed by atoms with Crippen LogP contribution in [-0.2, 0) is 6.18 Å². The van der Waals surface area contributed by atoms with Gasteiger partial charge in [-0.15, -0.1) is 0 Å². The van der Waals surface area contributed by atoms with Crippen LogP contribution >= 0.6 is 0 Å². The zero-order valence-electron chi connectivity index (χ0n) is 18.3. The highest BCUT2D eigenvalue weighted by Gasteiger charge is 2.31. The lowest BCUT2D eigenvalue weighted by atomic mass is 10.1. The van der Waals surface area contributed by atoms with Crippen LogP contribution < -0.4 is 11.1 Å². The van der Waals surface area contributed by atoms with Crippen LogP contribution in [0.4, 0.5) is 29.1 Å². The average Bonchev–Trinajstić information content (AvgIpc) is 3.48. The first-order chi connectivity index (χ1) is 17.1. The SMILES string of the molecule is Cc1cc(F)c(NC(=O)c2cccc(C(F)(F)F)c2)cc1-c1ncc(-c2cnc3c(N)ncnn23)o1. The molecule has 3 aromatic heterocycles. The normalized spacial score (nSPS) is 11.7. The molecule has 0 aliphatic carbocycles. The van der Waals surface area contributed by atoms with Crippen molar-refractivity contribution in [3.8, 4) is 22.9 Å². The summed E-state index contributed by atoms with van der Waals surface area (Å²) in [6, 6.07) is 6.27. The topological polar surface area (TPSA) is 124 Å². The van der Waals surface area contributed by atoms with Crippen LogP contribution in [0.1, 0.15) is 21.5 Å². The van der Waals surface area contributed by atoms with Crippen molar-refractivity contribution in [2.45, 2.75) is 13.1 Å². The summed E-state index contributed by atoms with van der Waals surface area (Å²) in [5, 5.41) is 6.41. The molecule has 0 radical (unpaired) electrons. The van der Waals surface area contributed by atoms with Crippen molar-refractivity contribution in [2.24, 2.45) is 0 Å². The highest BCUT2D eigenvalue weighted by atomic mass is 19.4. The minimum absolute atomic E-state index is 0.106. The Hall–Kier alpha value is -4.81. The molecule has 1 amide bonds. The molecule has 5 aromatic rings. The van der Waals surface area contributed by atoms with Crippen LogP contribution in [0.2, 0.25) is 0 Å². The van der Waals surface area contributed by atoms with E-state index in [1.54, 1.807) is 6.92 Å². The van der Waals surface area contributed by atoms with Crippen LogP contribution in [0.3, 0.4) is 0 Å². The van der Waals surface area contributed by atoms with Crippen molar-refractivity contribution in [3.63, 3.8) is 0 Å². The molecule has 0 aliphatic heterocycles. The number of aromatic nitrogens is 5. The fraction of sp³-hybridized carbons (Fsp3) is 0.0870. The summed E-state index contributed by atoms with van der Waals surface area (Å²) in [5.41, 5.74) is 5.83. The Morgan fingerprint density at radius 2 is 1.92 bits per heavy atom. The molecule has 3 N–H and O–H groups in total. The number of anilines is 2. The molecule has 9 nitrogen and oxygen atoms in total. The first-order valence-electron chi connectivity index (χ1n) is 10.3. The number of alkyl halides is 3. The van der Waals surface area contributed by atoms with Gasteiger partial charge in [-0.1, -0.05) is 6.07 Å². The van der Waals surface area contributed by atoms with Crippen LogP contribution in [0, 0.1) is 12.7 Å². The van der Waals surface area contributed by atoms with E-state index in [4.69, 9.17) is 10.2 Å². The summed E-state index contributed by atoms with van der Waals surface area (Å²) in [6.07, 6.45) is -0.474. The Labute approximate surface area is 199 Å². The van der Waals surface area contributed by atoms with Crippen molar-refractivity contribution >= 4 is 23.1 Å². The van der Waals surface area contributed by atoms with Crippen molar-refractivity contribution < 1.29 is 26.8 Å². The largest absolute Gasteiger partial charge is 0.434 e. The number of carbonyl (C=O) groups excluding carboxylic acids is 1. The van der Waals surface area contributed by atoms with Gasteiger partial charge in [0.2, 0.25) is 5.89 Å². The van der Waals surface area contributed by atoms with E-state index in [1.807, 2.05) is 0 Å². The molecule has 3 heterocycles. The number of aryl methyl sites for hydroxylation is 1. The molecule has 5 rings (SSSR count). The molecular weight excluding hydrogens is 482 g/mol. The third kappa shape index (κ3) is 4.10. The first kappa shape index (κ1) is 23.0. The highest BCUT2D eigenvalue weighted by molar-refractivity contribution is 6.04. The van der Waals surface area contributed by atoms with E-state index in [1.165, 1.54) is 35.4 Å². The van der Waals surface area contributed by atoms with Crippen molar-refractivity contribution in [2.75, 3.05) is 11.1 Å². The minimum atomic E-state index is -4.63. The van der Waals surface area contributed by atoms with Crippen LogP contribution in [0.5, 0.6) is 0 Å². The smallest absolute Gasteiger partial charge is 0.416 e. The number of nitrogen functional groups attached to an aromatic ring is 1. The quantitative estimate of drug-likeness (QED) is 0.344. The summed E-state index contributed by atoms with van der Waals surface area (Å²) in [5.74, 6) is -1.13. The monoisotopic (exact) mass is 497 g/mol. The maximum atomic E-state index is 14.6. The maximum absolute atomic E-state index is 14.6. The fourth-order valence-electron chi connectivity index (χ4n) is 3.55. The number of fused-ring (bicyclic) bond motifs is 1. The Kier molecular flexibility index (Phi) is 5.39. The number of rotatable bonds is 4. The van der Waals surface area contributed by atoms with Crippen LogP contribution in [-0.4, -0.2) is 30.5 Å². The fourth-order valence-corrected chi connectivity index (χ4v) is 3.55.